The number of fused-ring (bicyclic) bond motifs is 1. The van der Waals surface area contributed by atoms with Crippen LogP contribution in [0.4, 0.5) is 0 Å². The second-order valence-corrected chi connectivity index (χ2v) is 5.42. The fourth-order valence-corrected chi connectivity index (χ4v) is 2.91. The zero-order chi connectivity index (χ0) is 12.6. The lowest BCUT2D eigenvalue weighted by molar-refractivity contribution is 0.0971. The Morgan fingerprint density at radius 3 is 2.71 bits per heavy atom. The average Bonchev–Trinajstić information content (AvgIpc) is 2.65. The van der Waals surface area contributed by atoms with Crippen LogP contribution in [0, 0.1) is 12.8 Å². The summed E-state index contributed by atoms with van der Waals surface area (Å²) in [5.41, 5.74) is 3.52. The Hall–Kier alpha value is -1.05. The number of aromatic nitrogens is 1. The molecule has 2 heteroatoms. The van der Waals surface area contributed by atoms with Crippen LogP contribution in [0.5, 0.6) is 0 Å². The van der Waals surface area contributed by atoms with E-state index in [9.17, 15) is 4.79 Å². The fraction of sp³-hybridized carbons (Fsp3) is 0.667. The summed E-state index contributed by atoms with van der Waals surface area (Å²) in [6.07, 6.45) is 3.99. The molecule has 1 aliphatic rings. The Balaban J connectivity index is 2.44. The van der Waals surface area contributed by atoms with Gasteiger partial charge in [0.2, 0.25) is 0 Å². The van der Waals surface area contributed by atoms with Gasteiger partial charge in [-0.3, -0.25) is 4.79 Å². The lowest BCUT2D eigenvalue weighted by Crippen LogP contribution is -2.20. The zero-order valence-electron chi connectivity index (χ0n) is 11.4. The molecule has 2 atom stereocenters. The van der Waals surface area contributed by atoms with E-state index in [4.69, 9.17) is 0 Å². The van der Waals surface area contributed by atoms with E-state index < -0.39 is 0 Å². The van der Waals surface area contributed by atoms with E-state index >= 15 is 0 Å². The van der Waals surface area contributed by atoms with Crippen LogP contribution in [0.1, 0.15) is 67.8 Å². The van der Waals surface area contributed by atoms with Crippen molar-refractivity contribution in [2.75, 3.05) is 0 Å². The van der Waals surface area contributed by atoms with Crippen molar-refractivity contribution in [2.45, 2.75) is 59.4 Å². The molecule has 0 saturated carbocycles. The molecule has 2 nitrogen and oxygen atoms in total. The number of carbonyl (C=O) groups excluding carboxylic acids is 1. The predicted molar refractivity (Wildman–Crippen MR) is 70.6 cm³/mol. The van der Waals surface area contributed by atoms with Gasteiger partial charge >= 0.3 is 0 Å². The van der Waals surface area contributed by atoms with Crippen LogP contribution in [0.25, 0.3) is 0 Å². The Morgan fingerprint density at radius 2 is 2.06 bits per heavy atom. The van der Waals surface area contributed by atoms with E-state index in [-0.39, 0.29) is 0 Å². The Bertz CT molecular complexity index is 430. The maximum Gasteiger partial charge on any atom is 0.164 e. The van der Waals surface area contributed by atoms with Crippen molar-refractivity contribution in [3.05, 3.63) is 23.0 Å². The van der Waals surface area contributed by atoms with Gasteiger partial charge in [0.15, 0.2) is 5.78 Å². The maximum absolute atomic E-state index is 11.9. The van der Waals surface area contributed by atoms with E-state index in [1.807, 2.05) is 0 Å². The third kappa shape index (κ3) is 2.05. The largest absolute Gasteiger partial charge is 0.345 e. The molecule has 0 fully saturated rings. The molecule has 17 heavy (non-hydrogen) atoms. The molecule has 0 bridgehead atoms. The normalized spacial score (nSPS) is 18.9. The van der Waals surface area contributed by atoms with E-state index in [0.717, 1.165) is 24.8 Å². The summed E-state index contributed by atoms with van der Waals surface area (Å²) in [6, 6.07) is 2.59. The lowest BCUT2D eigenvalue weighted by Gasteiger charge is -2.26. The van der Waals surface area contributed by atoms with Crippen LogP contribution in [0.2, 0.25) is 0 Å². The molecule has 2 rings (SSSR count). The number of rotatable bonds is 3. The third-order valence-electron chi connectivity index (χ3n) is 4.33. The van der Waals surface area contributed by atoms with Gasteiger partial charge < -0.3 is 4.57 Å². The predicted octanol–water partition coefficient (Wildman–Crippen LogP) is 3.92. The molecule has 0 N–H and O–H groups in total. The summed E-state index contributed by atoms with van der Waals surface area (Å²) >= 11 is 0. The maximum atomic E-state index is 11.9. The topological polar surface area (TPSA) is 22.0 Å². The first kappa shape index (κ1) is 12.4. The van der Waals surface area contributed by atoms with E-state index in [1.165, 1.54) is 17.8 Å². The number of carbonyl (C=O) groups is 1. The molecule has 0 aromatic carbocycles. The first-order chi connectivity index (χ1) is 8.06. The third-order valence-corrected chi connectivity index (χ3v) is 4.33. The number of hydrogen-bond donors (Lipinski definition) is 0. The molecule has 1 heterocycles. The van der Waals surface area contributed by atoms with Crippen LogP contribution in [0.3, 0.4) is 0 Å². The first-order valence-electron chi connectivity index (χ1n) is 6.80. The summed E-state index contributed by atoms with van der Waals surface area (Å²) in [4.78, 5) is 11.9. The highest BCUT2D eigenvalue weighted by Crippen LogP contribution is 2.31. The van der Waals surface area contributed by atoms with Gasteiger partial charge in [0.1, 0.15) is 0 Å². The van der Waals surface area contributed by atoms with Crippen LogP contribution in [-0.2, 0) is 6.42 Å². The van der Waals surface area contributed by atoms with Gasteiger partial charge in [-0.25, -0.2) is 0 Å². The van der Waals surface area contributed by atoms with Crippen LogP contribution < -0.4 is 0 Å². The molecule has 1 aromatic rings. The van der Waals surface area contributed by atoms with Crippen molar-refractivity contribution in [2.24, 2.45) is 5.92 Å². The van der Waals surface area contributed by atoms with Gasteiger partial charge in [-0.05, 0) is 38.7 Å². The van der Waals surface area contributed by atoms with Crippen molar-refractivity contribution >= 4 is 5.78 Å². The molecule has 0 aliphatic heterocycles. The summed E-state index contributed by atoms with van der Waals surface area (Å²) in [5.74, 6) is 0.992. The van der Waals surface area contributed by atoms with Crippen molar-refractivity contribution in [1.82, 2.24) is 4.57 Å². The summed E-state index contributed by atoms with van der Waals surface area (Å²) in [5, 5.41) is 0. The van der Waals surface area contributed by atoms with Crippen molar-refractivity contribution < 1.29 is 4.79 Å². The molecule has 2 unspecified atom stereocenters. The van der Waals surface area contributed by atoms with Crippen molar-refractivity contribution in [1.29, 1.82) is 0 Å². The summed E-state index contributed by atoms with van der Waals surface area (Å²) in [7, 11) is 0. The molecule has 0 saturated heterocycles. The number of Topliss-reactive ketones (excluding diaryl/α,β-unsaturated/α-hetero) is 1. The minimum atomic E-state index is 0.337. The first-order valence-corrected chi connectivity index (χ1v) is 6.80. The van der Waals surface area contributed by atoms with Crippen LogP contribution in [-0.4, -0.2) is 10.4 Å². The second-order valence-electron chi connectivity index (χ2n) is 5.42. The van der Waals surface area contributed by atoms with Gasteiger partial charge in [-0.15, -0.1) is 0 Å². The van der Waals surface area contributed by atoms with Crippen molar-refractivity contribution in [3.8, 4) is 0 Å². The SMILES string of the molecule is CCC(C)C(C)n1c(C)cc2c1CCCC2=O. The van der Waals surface area contributed by atoms with Gasteiger partial charge in [0.25, 0.3) is 0 Å². The minimum Gasteiger partial charge on any atom is -0.345 e. The van der Waals surface area contributed by atoms with Gasteiger partial charge in [0.05, 0.1) is 0 Å². The average molecular weight is 233 g/mol. The van der Waals surface area contributed by atoms with Gasteiger partial charge in [0, 0.05) is 29.4 Å². The van der Waals surface area contributed by atoms with Crippen LogP contribution >= 0.6 is 0 Å². The standard InChI is InChI=1S/C15H23NO/c1-5-10(2)12(4)16-11(3)9-13-14(16)7-6-8-15(13)17/h9-10,12H,5-8H2,1-4H3. The van der Waals surface area contributed by atoms with E-state index in [2.05, 4.69) is 38.3 Å². The Morgan fingerprint density at radius 1 is 1.35 bits per heavy atom. The molecule has 0 radical (unpaired) electrons. The monoisotopic (exact) mass is 233 g/mol. The Labute approximate surface area is 104 Å². The molecular weight excluding hydrogens is 210 g/mol. The zero-order valence-corrected chi connectivity index (χ0v) is 11.4. The molecule has 94 valence electrons. The lowest BCUT2D eigenvalue weighted by atomic mass is 9.95. The summed E-state index contributed by atoms with van der Waals surface area (Å²) < 4.78 is 2.40. The molecule has 0 spiro atoms. The second kappa shape index (κ2) is 4.67. The number of hydrogen-bond acceptors (Lipinski definition) is 1. The highest BCUT2D eigenvalue weighted by atomic mass is 16.1. The highest BCUT2D eigenvalue weighted by Gasteiger charge is 2.25. The van der Waals surface area contributed by atoms with Gasteiger partial charge in [-0.1, -0.05) is 20.3 Å². The number of nitrogens with zero attached hydrogens (tertiary/aromatic N) is 1. The van der Waals surface area contributed by atoms with Crippen molar-refractivity contribution in [3.63, 3.8) is 0 Å². The molecule has 1 aromatic heterocycles. The van der Waals surface area contributed by atoms with Crippen LogP contribution in [0.15, 0.2) is 6.07 Å². The molecular formula is C15H23NO. The fourth-order valence-electron chi connectivity index (χ4n) is 2.91. The quantitative estimate of drug-likeness (QED) is 0.775. The van der Waals surface area contributed by atoms with Gasteiger partial charge in [-0.2, -0.15) is 0 Å². The number of aryl methyl sites for hydroxylation is 1. The van der Waals surface area contributed by atoms with E-state index in [0.29, 0.717) is 17.7 Å². The Kier molecular flexibility index (Phi) is 3.41. The van der Waals surface area contributed by atoms with E-state index in [1.54, 1.807) is 0 Å². The number of ketones is 1. The highest BCUT2D eigenvalue weighted by molar-refractivity contribution is 5.98. The smallest absolute Gasteiger partial charge is 0.164 e. The molecule has 1 aliphatic carbocycles. The summed E-state index contributed by atoms with van der Waals surface area (Å²) in [6.45, 7) is 8.93. The minimum absolute atomic E-state index is 0.337. The molecule has 0 amide bonds.